The largest absolute Gasteiger partial charge is 0.388 e. The molecule has 0 aliphatic rings. The van der Waals surface area contributed by atoms with E-state index in [1.807, 2.05) is 24.3 Å². The molecule has 0 radical (unpaired) electrons. The van der Waals surface area contributed by atoms with Crippen molar-refractivity contribution in [3.8, 4) is 0 Å². The Morgan fingerprint density at radius 3 is 2.24 bits per heavy atom. The summed E-state index contributed by atoms with van der Waals surface area (Å²) >= 11 is 5.98. The number of halogens is 2. The zero-order valence-corrected chi connectivity index (χ0v) is 13.3. The zero-order chi connectivity index (χ0) is 15.6. The molecule has 3 heteroatoms. The van der Waals surface area contributed by atoms with Crippen LogP contribution in [0, 0.1) is 5.82 Å². The summed E-state index contributed by atoms with van der Waals surface area (Å²) in [6.45, 7) is 6.45. The van der Waals surface area contributed by atoms with Gasteiger partial charge in [-0.25, -0.2) is 4.39 Å². The first-order chi connectivity index (χ1) is 9.79. The molecule has 0 amide bonds. The molecular formula is C18H20ClFO. The van der Waals surface area contributed by atoms with E-state index >= 15 is 0 Å². The quantitative estimate of drug-likeness (QED) is 0.841. The van der Waals surface area contributed by atoms with Gasteiger partial charge in [-0.1, -0.05) is 62.7 Å². The second kappa shape index (κ2) is 6.17. The highest BCUT2D eigenvalue weighted by Gasteiger charge is 2.18. The minimum atomic E-state index is -0.945. The minimum Gasteiger partial charge on any atom is -0.388 e. The predicted molar refractivity (Wildman–Crippen MR) is 85.2 cm³/mol. The van der Waals surface area contributed by atoms with Crippen molar-refractivity contribution in [2.45, 2.75) is 38.7 Å². The van der Waals surface area contributed by atoms with Gasteiger partial charge in [-0.3, -0.25) is 0 Å². The highest BCUT2D eigenvalue weighted by atomic mass is 35.5. The van der Waals surface area contributed by atoms with E-state index in [0.29, 0.717) is 6.42 Å². The third-order valence-electron chi connectivity index (χ3n) is 3.58. The fourth-order valence-corrected chi connectivity index (χ4v) is 2.58. The Bertz CT molecular complexity index is 594. The maximum atomic E-state index is 13.8. The third-order valence-corrected chi connectivity index (χ3v) is 3.91. The number of aliphatic hydroxyl groups is 1. The van der Waals surface area contributed by atoms with E-state index in [1.54, 1.807) is 6.07 Å². The Kier molecular flexibility index (Phi) is 4.70. The molecule has 2 aromatic rings. The van der Waals surface area contributed by atoms with Crippen LogP contribution in [0.15, 0.2) is 42.5 Å². The van der Waals surface area contributed by atoms with Gasteiger partial charge >= 0.3 is 0 Å². The summed E-state index contributed by atoms with van der Waals surface area (Å²) in [6.07, 6.45) is -0.607. The topological polar surface area (TPSA) is 20.2 Å². The Hall–Kier alpha value is -1.38. The Morgan fingerprint density at radius 2 is 1.71 bits per heavy atom. The lowest BCUT2D eigenvalue weighted by Crippen LogP contribution is -2.11. The average molecular weight is 307 g/mol. The SMILES string of the molecule is CC(C)(C)c1ccc(CC(O)c2c(F)cccc2Cl)cc1. The van der Waals surface area contributed by atoms with Crippen molar-refractivity contribution >= 4 is 11.6 Å². The van der Waals surface area contributed by atoms with Crippen LogP contribution >= 0.6 is 11.6 Å². The van der Waals surface area contributed by atoms with E-state index in [2.05, 4.69) is 20.8 Å². The third kappa shape index (κ3) is 3.84. The molecule has 0 aliphatic carbocycles. The molecule has 0 spiro atoms. The summed E-state index contributed by atoms with van der Waals surface area (Å²) in [5.41, 5.74) is 2.44. The van der Waals surface area contributed by atoms with Gasteiger partial charge in [0.1, 0.15) is 5.82 Å². The summed E-state index contributed by atoms with van der Waals surface area (Å²) in [4.78, 5) is 0. The first-order valence-electron chi connectivity index (χ1n) is 7.00. The summed E-state index contributed by atoms with van der Waals surface area (Å²) in [5, 5.41) is 10.5. The van der Waals surface area contributed by atoms with Crippen molar-refractivity contribution in [2.75, 3.05) is 0 Å². The van der Waals surface area contributed by atoms with Crippen LogP contribution in [-0.2, 0) is 11.8 Å². The van der Waals surface area contributed by atoms with Crippen LogP contribution in [0.25, 0.3) is 0 Å². The molecule has 2 aromatic carbocycles. The van der Waals surface area contributed by atoms with Gasteiger partial charge in [0.2, 0.25) is 0 Å². The lowest BCUT2D eigenvalue weighted by molar-refractivity contribution is 0.173. The first-order valence-corrected chi connectivity index (χ1v) is 7.38. The Balaban J connectivity index is 2.18. The van der Waals surface area contributed by atoms with E-state index < -0.39 is 11.9 Å². The molecule has 0 aliphatic heterocycles. The molecule has 0 saturated heterocycles. The van der Waals surface area contributed by atoms with Crippen molar-refractivity contribution in [3.63, 3.8) is 0 Å². The monoisotopic (exact) mass is 306 g/mol. The van der Waals surface area contributed by atoms with Crippen molar-refractivity contribution in [1.82, 2.24) is 0 Å². The smallest absolute Gasteiger partial charge is 0.130 e. The predicted octanol–water partition coefficient (Wildman–Crippen LogP) is 5.05. The van der Waals surface area contributed by atoms with E-state index in [9.17, 15) is 9.50 Å². The summed E-state index contributed by atoms with van der Waals surface area (Å²) in [5.74, 6) is -0.471. The second-order valence-corrected chi connectivity index (χ2v) is 6.71. The fourth-order valence-electron chi connectivity index (χ4n) is 2.30. The molecule has 112 valence electrons. The molecule has 1 unspecified atom stereocenters. The number of hydrogen-bond acceptors (Lipinski definition) is 1. The molecule has 0 heterocycles. The van der Waals surface area contributed by atoms with E-state index in [-0.39, 0.29) is 16.0 Å². The maximum absolute atomic E-state index is 13.8. The molecule has 21 heavy (non-hydrogen) atoms. The Labute approximate surface area is 130 Å². The average Bonchev–Trinajstić information content (AvgIpc) is 2.38. The van der Waals surface area contributed by atoms with Gasteiger partial charge < -0.3 is 5.11 Å². The van der Waals surface area contributed by atoms with Crippen LogP contribution in [0.5, 0.6) is 0 Å². The lowest BCUT2D eigenvalue weighted by atomic mass is 9.86. The molecule has 0 aromatic heterocycles. The number of benzene rings is 2. The molecule has 1 atom stereocenters. The van der Waals surface area contributed by atoms with Crippen molar-refractivity contribution < 1.29 is 9.50 Å². The van der Waals surface area contributed by atoms with Gasteiger partial charge in [0, 0.05) is 17.0 Å². The van der Waals surface area contributed by atoms with Gasteiger partial charge in [-0.15, -0.1) is 0 Å². The molecule has 2 rings (SSSR count). The molecular weight excluding hydrogens is 287 g/mol. The number of rotatable bonds is 3. The van der Waals surface area contributed by atoms with Gasteiger partial charge in [0.25, 0.3) is 0 Å². The van der Waals surface area contributed by atoms with Gasteiger partial charge in [0.15, 0.2) is 0 Å². The molecule has 1 nitrogen and oxygen atoms in total. The summed E-state index contributed by atoms with van der Waals surface area (Å²) < 4.78 is 13.8. The van der Waals surface area contributed by atoms with Crippen LogP contribution in [-0.4, -0.2) is 5.11 Å². The standard InChI is InChI=1S/C18H20ClFO/c1-18(2,3)13-9-7-12(8-10-13)11-16(21)17-14(19)5-4-6-15(17)20/h4-10,16,21H,11H2,1-3H3. The van der Waals surface area contributed by atoms with E-state index in [1.165, 1.54) is 17.7 Å². The van der Waals surface area contributed by atoms with Gasteiger partial charge in [-0.2, -0.15) is 0 Å². The van der Waals surface area contributed by atoms with Gasteiger partial charge in [-0.05, 0) is 28.7 Å². The van der Waals surface area contributed by atoms with Gasteiger partial charge in [0.05, 0.1) is 6.10 Å². The first kappa shape index (κ1) is 16.0. The molecule has 0 bridgehead atoms. The normalized spacial score (nSPS) is 13.2. The molecule has 1 N–H and O–H groups in total. The number of hydrogen-bond donors (Lipinski definition) is 1. The lowest BCUT2D eigenvalue weighted by Gasteiger charge is -2.20. The zero-order valence-electron chi connectivity index (χ0n) is 12.5. The van der Waals surface area contributed by atoms with E-state index in [4.69, 9.17) is 11.6 Å². The van der Waals surface area contributed by atoms with Crippen LogP contribution in [0.4, 0.5) is 4.39 Å². The van der Waals surface area contributed by atoms with Crippen LogP contribution in [0.3, 0.4) is 0 Å². The second-order valence-electron chi connectivity index (χ2n) is 6.30. The van der Waals surface area contributed by atoms with Crippen LogP contribution in [0.1, 0.15) is 43.6 Å². The summed E-state index contributed by atoms with van der Waals surface area (Å²) in [7, 11) is 0. The summed E-state index contributed by atoms with van der Waals surface area (Å²) in [6, 6.07) is 12.5. The number of aliphatic hydroxyl groups excluding tert-OH is 1. The van der Waals surface area contributed by atoms with Crippen LogP contribution < -0.4 is 0 Å². The minimum absolute atomic E-state index is 0.0893. The highest BCUT2D eigenvalue weighted by Crippen LogP contribution is 2.29. The highest BCUT2D eigenvalue weighted by molar-refractivity contribution is 6.31. The van der Waals surface area contributed by atoms with Crippen molar-refractivity contribution in [1.29, 1.82) is 0 Å². The Morgan fingerprint density at radius 1 is 1.10 bits per heavy atom. The van der Waals surface area contributed by atoms with Crippen molar-refractivity contribution in [3.05, 3.63) is 70.0 Å². The maximum Gasteiger partial charge on any atom is 0.130 e. The molecule has 0 fully saturated rings. The van der Waals surface area contributed by atoms with E-state index in [0.717, 1.165) is 5.56 Å². The molecule has 0 saturated carbocycles. The van der Waals surface area contributed by atoms with Crippen LogP contribution in [0.2, 0.25) is 5.02 Å². The van der Waals surface area contributed by atoms with Crippen molar-refractivity contribution in [2.24, 2.45) is 0 Å². The fraction of sp³-hybridized carbons (Fsp3) is 0.333.